The SMILES string of the molecule is CNC1(c2nc(C(C)C)cs2)CCCN(C(C)C)CC1. The van der Waals surface area contributed by atoms with E-state index in [0.717, 1.165) is 13.0 Å². The molecule has 114 valence electrons. The molecule has 0 bridgehead atoms. The van der Waals surface area contributed by atoms with Crippen molar-refractivity contribution in [1.29, 1.82) is 0 Å². The minimum atomic E-state index is 0.0848. The second-order valence-electron chi connectivity index (χ2n) is 6.55. The molecule has 20 heavy (non-hydrogen) atoms. The first-order chi connectivity index (χ1) is 9.48. The normalized spacial score (nSPS) is 25.4. The van der Waals surface area contributed by atoms with Gasteiger partial charge in [0.2, 0.25) is 0 Å². The standard InChI is InChI=1S/C16H29N3S/c1-12(2)14-11-20-15(18-14)16(17-5)7-6-9-19(10-8-16)13(3)4/h11-13,17H,6-10H2,1-5H3. The van der Waals surface area contributed by atoms with Crippen LogP contribution in [0.2, 0.25) is 0 Å². The lowest BCUT2D eigenvalue weighted by Gasteiger charge is -2.31. The summed E-state index contributed by atoms with van der Waals surface area (Å²) in [5, 5.41) is 7.13. The summed E-state index contributed by atoms with van der Waals surface area (Å²) in [6.45, 7) is 11.4. The van der Waals surface area contributed by atoms with Gasteiger partial charge in [-0.2, -0.15) is 0 Å². The molecule has 0 spiro atoms. The average molecular weight is 295 g/mol. The fourth-order valence-electron chi connectivity index (χ4n) is 3.01. The first-order valence-electron chi connectivity index (χ1n) is 7.87. The minimum Gasteiger partial charge on any atom is -0.308 e. The van der Waals surface area contributed by atoms with Gasteiger partial charge in [-0.25, -0.2) is 4.98 Å². The highest BCUT2D eigenvalue weighted by atomic mass is 32.1. The Hall–Kier alpha value is -0.450. The predicted octanol–water partition coefficient (Wildman–Crippen LogP) is 3.58. The van der Waals surface area contributed by atoms with Crippen molar-refractivity contribution in [3.05, 3.63) is 16.1 Å². The maximum absolute atomic E-state index is 4.93. The highest BCUT2D eigenvalue weighted by molar-refractivity contribution is 7.09. The molecule has 1 aromatic heterocycles. The van der Waals surface area contributed by atoms with Gasteiger partial charge in [0.25, 0.3) is 0 Å². The van der Waals surface area contributed by atoms with E-state index in [9.17, 15) is 0 Å². The Morgan fingerprint density at radius 2 is 2.00 bits per heavy atom. The van der Waals surface area contributed by atoms with Crippen molar-refractivity contribution in [1.82, 2.24) is 15.2 Å². The number of rotatable bonds is 4. The quantitative estimate of drug-likeness (QED) is 0.920. The zero-order valence-corrected chi connectivity index (χ0v) is 14.4. The predicted molar refractivity (Wildman–Crippen MR) is 87.5 cm³/mol. The van der Waals surface area contributed by atoms with E-state index < -0.39 is 0 Å². The summed E-state index contributed by atoms with van der Waals surface area (Å²) in [5.74, 6) is 0.520. The van der Waals surface area contributed by atoms with E-state index in [4.69, 9.17) is 4.98 Å². The molecule has 0 aliphatic carbocycles. The molecule has 1 aliphatic rings. The fraction of sp³-hybridized carbons (Fsp3) is 0.812. The van der Waals surface area contributed by atoms with Crippen molar-refractivity contribution >= 4 is 11.3 Å². The van der Waals surface area contributed by atoms with Crippen LogP contribution in [0, 0.1) is 0 Å². The van der Waals surface area contributed by atoms with Crippen LogP contribution in [0.3, 0.4) is 0 Å². The van der Waals surface area contributed by atoms with Gasteiger partial charge in [-0.15, -0.1) is 11.3 Å². The molecule has 2 rings (SSSR count). The monoisotopic (exact) mass is 295 g/mol. The Kier molecular flexibility index (Phi) is 5.21. The Morgan fingerprint density at radius 3 is 2.55 bits per heavy atom. The van der Waals surface area contributed by atoms with E-state index >= 15 is 0 Å². The summed E-state index contributed by atoms with van der Waals surface area (Å²) < 4.78 is 0. The second kappa shape index (κ2) is 6.54. The molecule has 0 aromatic carbocycles. The van der Waals surface area contributed by atoms with Gasteiger partial charge in [-0.05, 0) is 52.6 Å². The highest BCUT2D eigenvalue weighted by Crippen LogP contribution is 2.35. The molecule has 1 unspecified atom stereocenters. The van der Waals surface area contributed by atoms with Crippen molar-refractivity contribution in [3.8, 4) is 0 Å². The number of aromatic nitrogens is 1. The van der Waals surface area contributed by atoms with E-state index in [1.807, 2.05) is 11.3 Å². The summed E-state index contributed by atoms with van der Waals surface area (Å²) >= 11 is 1.83. The van der Waals surface area contributed by atoms with Crippen LogP contribution in [0.5, 0.6) is 0 Å². The number of nitrogens with zero attached hydrogens (tertiary/aromatic N) is 2. The molecule has 4 heteroatoms. The van der Waals surface area contributed by atoms with E-state index in [1.165, 1.54) is 30.1 Å². The van der Waals surface area contributed by atoms with Crippen LogP contribution < -0.4 is 5.32 Å². The van der Waals surface area contributed by atoms with Crippen molar-refractivity contribution in [3.63, 3.8) is 0 Å². The van der Waals surface area contributed by atoms with Crippen LogP contribution in [0.25, 0.3) is 0 Å². The molecule has 2 heterocycles. The molecule has 1 atom stereocenters. The summed E-state index contributed by atoms with van der Waals surface area (Å²) in [7, 11) is 2.10. The number of hydrogen-bond acceptors (Lipinski definition) is 4. The molecule has 0 radical (unpaired) electrons. The molecular weight excluding hydrogens is 266 g/mol. The summed E-state index contributed by atoms with van der Waals surface area (Å²) in [6, 6.07) is 0.644. The van der Waals surface area contributed by atoms with Gasteiger partial charge in [-0.3, -0.25) is 0 Å². The topological polar surface area (TPSA) is 28.2 Å². The average Bonchev–Trinajstić information content (AvgIpc) is 2.80. The highest BCUT2D eigenvalue weighted by Gasteiger charge is 2.36. The first kappa shape index (κ1) is 15.9. The Bertz CT molecular complexity index is 427. The number of nitrogens with one attached hydrogen (secondary N) is 1. The van der Waals surface area contributed by atoms with Gasteiger partial charge < -0.3 is 10.2 Å². The fourth-order valence-corrected chi connectivity index (χ4v) is 4.26. The Labute approximate surface area is 127 Å². The zero-order chi connectivity index (χ0) is 14.8. The van der Waals surface area contributed by atoms with Gasteiger partial charge in [0.1, 0.15) is 5.01 Å². The molecule has 3 nitrogen and oxygen atoms in total. The van der Waals surface area contributed by atoms with Gasteiger partial charge in [0.15, 0.2) is 0 Å². The molecule has 1 N–H and O–H groups in total. The molecule has 0 amide bonds. The summed E-state index contributed by atoms with van der Waals surface area (Å²) in [6.07, 6.45) is 3.60. The minimum absolute atomic E-state index is 0.0848. The van der Waals surface area contributed by atoms with Gasteiger partial charge in [-0.1, -0.05) is 13.8 Å². The van der Waals surface area contributed by atoms with Gasteiger partial charge >= 0.3 is 0 Å². The zero-order valence-electron chi connectivity index (χ0n) is 13.6. The van der Waals surface area contributed by atoms with E-state index in [2.05, 4.69) is 50.3 Å². The lowest BCUT2D eigenvalue weighted by atomic mass is 9.91. The van der Waals surface area contributed by atoms with E-state index in [-0.39, 0.29) is 5.54 Å². The molecule has 1 fully saturated rings. The summed E-state index contributed by atoms with van der Waals surface area (Å²) in [4.78, 5) is 7.52. The first-order valence-corrected chi connectivity index (χ1v) is 8.75. The van der Waals surface area contributed by atoms with Crippen LogP contribution in [0.4, 0.5) is 0 Å². The van der Waals surface area contributed by atoms with Crippen LogP contribution in [-0.4, -0.2) is 36.1 Å². The second-order valence-corrected chi connectivity index (χ2v) is 7.41. The van der Waals surface area contributed by atoms with Crippen LogP contribution in [0.1, 0.15) is 63.6 Å². The number of thiazole rings is 1. The van der Waals surface area contributed by atoms with Gasteiger partial charge in [0.05, 0.1) is 11.2 Å². The lowest BCUT2D eigenvalue weighted by molar-refractivity contribution is 0.220. The van der Waals surface area contributed by atoms with Crippen LogP contribution >= 0.6 is 11.3 Å². The van der Waals surface area contributed by atoms with Crippen LogP contribution in [0.15, 0.2) is 5.38 Å². The number of likely N-dealkylation sites (tertiary alicyclic amines) is 1. The maximum Gasteiger partial charge on any atom is 0.113 e. The van der Waals surface area contributed by atoms with Crippen molar-refractivity contribution in [2.45, 2.75) is 64.5 Å². The molecule has 1 aliphatic heterocycles. The Morgan fingerprint density at radius 1 is 1.25 bits per heavy atom. The van der Waals surface area contributed by atoms with Crippen LogP contribution in [-0.2, 0) is 5.54 Å². The molecular formula is C16H29N3S. The molecule has 1 saturated heterocycles. The van der Waals surface area contributed by atoms with Crippen molar-refractivity contribution < 1.29 is 0 Å². The third-order valence-corrected chi connectivity index (χ3v) is 5.67. The van der Waals surface area contributed by atoms with Crippen molar-refractivity contribution in [2.24, 2.45) is 0 Å². The largest absolute Gasteiger partial charge is 0.308 e. The number of hydrogen-bond donors (Lipinski definition) is 1. The van der Waals surface area contributed by atoms with Gasteiger partial charge in [0, 0.05) is 18.0 Å². The molecule has 1 aromatic rings. The summed E-state index contributed by atoms with van der Waals surface area (Å²) in [5.41, 5.74) is 1.33. The smallest absolute Gasteiger partial charge is 0.113 e. The Balaban J connectivity index is 2.20. The van der Waals surface area contributed by atoms with E-state index in [0.29, 0.717) is 12.0 Å². The third-order valence-electron chi connectivity index (χ3n) is 4.61. The maximum atomic E-state index is 4.93. The molecule has 0 saturated carbocycles. The lowest BCUT2D eigenvalue weighted by Crippen LogP contribution is -2.41. The third kappa shape index (κ3) is 3.23. The van der Waals surface area contributed by atoms with E-state index in [1.54, 1.807) is 0 Å². The van der Waals surface area contributed by atoms with Crippen molar-refractivity contribution in [2.75, 3.05) is 20.1 Å².